The SMILES string of the molecule is CC(CO)C(C)NC(=O)NCc1ccc(CN2CCCCC2C)cc1. The van der Waals surface area contributed by atoms with Crippen LogP contribution in [-0.2, 0) is 13.1 Å². The van der Waals surface area contributed by atoms with Gasteiger partial charge in [0, 0.05) is 31.8 Å². The van der Waals surface area contributed by atoms with E-state index in [-0.39, 0.29) is 24.6 Å². The Morgan fingerprint density at radius 2 is 1.92 bits per heavy atom. The van der Waals surface area contributed by atoms with E-state index in [0.717, 1.165) is 12.1 Å². The highest BCUT2D eigenvalue weighted by Gasteiger charge is 2.18. The van der Waals surface area contributed by atoms with Gasteiger partial charge in [-0.1, -0.05) is 37.6 Å². The molecule has 2 amide bonds. The second kappa shape index (κ2) is 9.78. The summed E-state index contributed by atoms with van der Waals surface area (Å²) in [5, 5.41) is 14.8. The van der Waals surface area contributed by atoms with Crippen LogP contribution in [-0.4, -0.2) is 41.3 Å². The summed E-state index contributed by atoms with van der Waals surface area (Å²) in [5.74, 6) is 0.0437. The number of hydrogen-bond donors (Lipinski definition) is 3. The van der Waals surface area contributed by atoms with Crippen molar-refractivity contribution >= 4 is 6.03 Å². The summed E-state index contributed by atoms with van der Waals surface area (Å²) in [6, 6.07) is 8.91. The van der Waals surface area contributed by atoms with Gasteiger partial charge in [0.25, 0.3) is 0 Å². The number of likely N-dealkylation sites (tertiary alicyclic amines) is 1. The molecule has 1 heterocycles. The topological polar surface area (TPSA) is 64.6 Å². The number of piperidine rings is 1. The third kappa shape index (κ3) is 6.33. The molecule has 1 aliphatic heterocycles. The van der Waals surface area contributed by atoms with Gasteiger partial charge in [0.2, 0.25) is 0 Å². The highest BCUT2D eigenvalue weighted by molar-refractivity contribution is 5.74. The quantitative estimate of drug-likeness (QED) is 0.711. The zero-order valence-corrected chi connectivity index (χ0v) is 15.8. The van der Waals surface area contributed by atoms with E-state index in [0.29, 0.717) is 12.6 Å². The lowest BCUT2D eigenvalue weighted by molar-refractivity contribution is 0.152. The fraction of sp³-hybridized carbons (Fsp3) is 0.650. The molecule has 2 rings (SSSR count). The first kappa shape index (κ1) is 19.7. The van der Waals surface area contributed by atoms with Crippen molar-refractivity contribution < 1.29 is 9.90 Å². The maximum atomic E-state index is 11.9. The van der Waals surface area contributed by atoms with E-state index in [1.165, 1.54) is 31.4 Å². The van der Waals surface area contributed by atoms with Gasteiger partial charge in [0.05, 0.1) is 0 Å². The van der Waals surface area contributed by atoms with Gasteiger partial charge in [-0.3, -0.25) is 4.90 Å². The Balaban J connectivity index is 1.77. The highest BCUT2D eigenvalue weighted by atomic mass is 16.3. The number of rotatable bonds is 7. The molecule has 1 aromatic carbocycles. The zero-order chi connectivity index (χ0) is 18.2. The summed E-state index contributed by atoms with van der Waals surface area (Å²) >= 11 is 0. The number of amides is 2. The number of nitrogens with zero attached hydrogens (tertiary/aromatic N) is 1. The molecule has 0 saturated carbocycles. The number of benzene rings is 1. The fourth-order valence-electron chi connectivity index (χ4n) is 3.13. The molecule has 0 radical (unpaired) electrons. The van der Waals surface area contributed by atoms with Crippen molar-refractivity contribution in [3.05, 3.63) is 35.4 Å². The van der Waals surface area contributed by atoms with Gasteiger partial charge in [-0.15, -0.1) is 0 Å². The summed E-state index contributed by atoms with van der Waals surface area (Å²) in [4.78, 5) is 14.5. The van der Waals surface area contributed by atoms with Crippen molar-refractivity contribution in [1.29, 1.82) is 0 Å². The van der Waals surface area contributed by atoms with Crippen LogP contribution < -0.4 is 10.6 Å². The lowest BCUT2D eigenvalue weighted by Crippen LogP contribution is -2.43. The summed E-state index contributed by atoms with van der Waals surface area (Å²) in [5.41, 5.74) is 2.42. The Hall–Kier alpha value is -1.59. The van der Waals surface area contributed by atoms with Crippen LogP contribution in [0.2, 0.25) is 0 Å². The summed E-state index contributed by atoms with van der Waals surface area (Å²) in [7, 11) is 0. The van der Waals surface area contributed by atoms with Crippen molar-refractivity contribution in [2.45, 2.75) is 65.2 Å². The molecule has 3 unspecified atom stereocenters. The monoisotopic (exact) mass is 347 g/mol. The van der Waals surface area contributed by atoms with Crippen LogP contribution in [0.15, 0.2) is 24.3 Å². The van der Waals surface area contributed by atoms with E-state index >= 15 is 0 Å². The van der Waals surface area contributed by atoms with Crippen molar-refractivity contribution in [3.8, 4) is 0 Å². The number of carbonyl (C=O) groups excluding carboxylic acids is 1. The second-order valence-electron chi connectivity index (χ2n) is 7.41. The normalized spacial score (nSPS) is 20.7. The number of urea groups is 1. The molecule has 5 nitrogen and oxygen atoms in total. The molecule has 3 atom stereocenters. The van der Waals surface area contributed by atoms with Crippen LogP contribution in [0.5, 0.6) is 0 Å². The van der Waals surface area contributed by atoms with Crippen LogP contribution >= 0.6 is 0 Å². The largest absolute Gasteiger partial charge is 0.396 e. The van der Waals surface area contributed by atoms with Crippen LogP contribution in [0.4, 0.5) is 4.79 Å². The van der Waals surface area contributed by atoms with Gasteiger partial charge in [0.15, 0.2) is 0 Å². The van der Waals surface area contributed by atoms with E-state index in [4.69, 9.17) is 5.11 Å². The van der Waals surface area contributed by atoms with E-state index in [2.05, 4.69) is 46.7 Å². The van der Waals surface area contributed by atoms with Gasteiger partial charge >= 0.3 is 6.03 Å². The maximum absolute atomic E-state index is 11.9. The molecule has 5 heteroatoms. The average Bonchev–Trinajstić information content (AvgIpc) is 2.62. The van der Waals surface area contributed by atoms with Gasteiger partial charge in [-0.2, -0.15) is 0 Å². The number of carbonyl (C=O) groups is 1. The number of aliphatic hydroxyl groups is 1. The smallest absolute Gasteiger partial charge is 0.315 e. The summed E-state index contributed by atoms with van der Waals surface area (Å²) in [6.45, 7) is 8.89. The fourth-order valence-corrected chi connectivity index (χ4v) is 3.13. The minimum Gasteiger partial charge on any atom is -0.396 e. The molecule has 140 valence electrons. The number of hydrogen-bond acceptors (Lipinski definition) is 3. The van der Waals surface area contributed by atoms with E-state index < -0.39 is 0 Å². The molecular weight excluding hydrogens is 314 g/mol. The molecule has 25 heavy (non-hydrogen) atoms. The van der Waals surface area contributed by atoms with Crippen LogP contribution in [0.3, 0.4) is 0 Å². The average molecular weight is 348 g/mol. The van der Waals surface area contributed by atoms with Gasteiger partial charge in [0.1, 0.15) is 0 Å². The highest BCUT2D eigenvalue weighted by Crippen LogP contribution is 2.19. The predicted molar refractivity (Wildman–Crippen MR) is 101 cm³/mol. The number of nitrogens with one attached hydrogen (secondary N) is 2. The molecule has 1 fully saturated rings. The van der Waals surface area contributed by atoms with E-state index in [1.54, 1.807) is 0 Å². The Morgan fingerprint density at radius 1 is 1.24 bits per heavy atom. The minimum atomic E-state index is -0.195. The molecule has 0 aliphatic carbocycles. The Kier molecular flexibility index (Phi) is 7.72. The van der Waals surface area contributed by atoms with E-state index in [1.807, 2.05) is 13.8 Å². The maximum Gasteiger partial charge on any atom is 0.315 e. The Morgan fingerprint density at radius 3 is 2.56 bits per heavy atom. The molecule has 0 spiro atoms. The third-order valence-electron chi connectivity index (χ3n) is 5.30. The Bertz CT molecular complexity index is 532. The van der Waals surface area contributed by atoms with Crippen LogP contribution in [0, 0.1) is 5.92 Å². The minimum absolute atomic E-state index is 0.0437. The number of aliphatic hydroxyl groups excluding tert-OH is 1. The first-order chi connectivity index (χ1) is 12.0. The lowest BCUT2D eigenvalue weighted by atomic mass is 10.0. The van der Waals surface area contributed by atoms with Crippen molar-refractivity contribution in [2.75, 3.05) is 13.2 Å². The molecule has 0 bridgehead atoms. The van der Waals surface area contributed by atoms with Crippen LogP contribution in [0.25, 0.3) is 0 Å². The molecule has 3 N–H and O–H groups in total. The Labute approximate surface area is 151 Å². The summed E-state index contributed by atoms with van der Waals surface area (Å²) in [6.07, 6.45) is 3.94. The standard InChI is InChI=1S/C20H33N3O2/c1-15(14-24)17(3)22-20(25)21-12-18-7-9-19(10-8-18)13-23-11-5-4-6-16(23)2/h7-10,15-17,24H,4-6,11-14H2,1-3H3,(H2,21,22,25). The predicted octanol–water partition coefficient (Wildman–Crippen LogP) is 2.88. The van der Waals surface area contributed by atoms with E-state index in [9.17, 15) is 4.79 Å². The van der Waals surface area contributed by atoms with Gasteiger partial charge in [-0.25, -0.2) is 4.79 Å². The molecule has 0 aromatic heterocycles. The third-order valence-corrected chi connectivity index (χ3v) is 5.30. The van der Waals surface area contributed by atoms with Crippen molar-refractivity contribution in [3.63, 3.8) is 0 Å². The molecule has 1 saturated heterocycles. The molecule has 1 aromatic rings. The molecule has 1 aliphatic rings. The second-order valence-corrected chi connectivity index (χ2v) is 7.41. The first-order valence-electron chi connectivity index (χ1n) is 9.46. The summed E-state index contributed by atoms with van der Waals surface area (Å²) < 4.78 is 0. The van der Waals surface area contributed by atoms with Gasteiger partial charge < -0.3 is 15.7 Å². The first-order valence-corrected chi connectivity index (χ1v) is 9.46. The lowest BCUT2D eigenvalue weighted by Gasteiger charge is -2.33. The zero-order valence-electron chi connectivity index (χ0n) is 15.8. The molecular formula is C20H33N3O2. The van der Waals surface area contributed by atoms with Crippen molar-refractivity contribution in [1.82, 2.24) is 15.5 Å². The van der Waals surface area contributed by atoms with Gasteiger partial charge in [-0.05, 0) is 50.3 Å². The van der Waals surface area contributed by atoms with Crippen molar-refractivity contribution in [2.24, 2.45) is 5.92 Å². The van der Waals surface area contributed by atoms with Crippen LogP contribution in [0.1, 0.15) is 51.2 Å².